The topological polar surface area (TPSA) is 57.7 Å². The summed E-state index contributed by atoms with van der Waals surface area (Å²) >= 11 is 0. The molecule has 1 fully saturated rings. The molecule has 26 heavy (non-hydrogen) atoms. The van der Waals surface area contributed by atoms with Crippen LogP contribution in [0.15, 0.2) is 42.6 Å². The Morgan fingerprint density at radius 1 is 1.19 bits per heavy atom. The largest absolute Gasteiger partial charge is 0.497 e. The van der Waals surface area contributed by atoms with Crippen LogP contribution in [0.25, 0.3) is 0 Å². The summed E-state index contributed by atoms with van der Waals surface area (Å²) in [4.78, 5) is 21.3. The van der Waals surface area contributed by atoms with E-state index in [-0.39, 0.29) is 5.91 Å². The van der Waals surface area contributed by atoms with Gasteiger partial charge in [-0.1, -0.05) is 12.1 Å². The number of methoxy groups -OCH3 is 1. The fourth-order valence-electron chi connectivity index (χ4n) is 3.04. The number of anilines is 1. The third kappa shape index (κ3) is 4.73. The molecular formula is C20H26N4O2. The highest BCUT2D eigenvalue weighted by Crippen LogP contribution is 2.16. The monoisotopic (exact) mass is 354 g/mol. The number of nitrogens with zero attached hydrogens (tertiary/aromatic N) is 3. The van der Waals surface area contributed by atoms with Gasteiger partial charge in [0.25, 0.3) is 5.91 Å². The van der Waals surface area contributed by atoms with E-state index in [4.69, 9.17) is 4.74 Å². The molecule has 1 aliphatic heterocycles. The van der Waals surface area contributed by atoms with E-state index in [2.05, 4.69) is 27.1 Å². The maximum atomic E-state index is 12.4. The molecule has 0 radical (unpaired) electrons. The van der Waals surface area contributed by atoms with Gasteiger partial charge in [0.05, 0.1) is 7.11 Å². The van der Waals surface area contributed by atoms with Gasteiger partial charge >= 0.3 is 0 Å². The molecule has 1 N–H and O–H groups in total. The van der Waals surface area contributed by atoms with E-state index in [0.29, 0.717) is 12.2 Å². The second-order valence-electron chi connectivity index (χ2n) is 6.55. The zero-order valence-electron chi connectivity index (χ0n) is 15.4. The number of benzene rings is 1. The average Bonchev–Trinajstić information content (AvgIpc) is 2.69. The summed E-state index contributed by atoms with van der Waals surface area (Å²) in [5.41, 5.74) is 2.65. The molecule has 0 unspecified atom stereocenters. The van der Waals surface area contributed by atoms with Crippen molar-refractivity contribution < 1.29 is 9.53 Å². The van der Waals surface area contributed by atoms with Gasteiger partial charge in [0.15, 0.2) is 0 Å². The molecule has 6 heteroatoms. The standard InChI is InChI=1S/C20H26N4O2/c1-23-10-12-24(13-11-23)17-7-9-21-19(15-17)20(25)22-8-6-16-4-3-5-18(14-16)26-2/h3-5,7,9,14-15H,6,8,10-13H2,1-2H3,(H,22,25). The lowest BCUT2D eigenvalue weighted by Gasteiger charge is -2.34. The summed E-state index contributed by atoms with van der Waals surface area (Å²) in [6.07, 6.45) is 2.46. The Balaban J connectivity index is 1.55. The van der Waals surface area contributed by atoms with Gasteiger partial charge < -0.3 is 19.9 Å². The molecule has 1 aromatic heterocycles. The number of carbonyl (C=O) groups excluding carboxylic acids is 1. The van der Waals surface area contributed by atoms with Crippen molar-refractivity contribution in [2.24, 2.45) is 0 Å². The molecule has 6 nitrogen and oxygen atoms in total. The average molecular weight is 354 g/mol. The van der Waals surface area contributed by atoms with E-state index in [0.717, 1.165) is 49.6 Å². The van der Waals surface area contributed by atoms with Crippen molar-refractivity contribution in [1.29, 1.82) is 0 Å². The van der Waals surface area contributed by atoms with Gasteiger partial charge in [-0.3, -0.25) is 9.78 Å². The molecule has 1 aliphatic rings. The molecule has 2 aromatic rings. The minimum Gasteiger partial charge on any atom is -0.497 e. The predicted molar refractivity (Wildman–Crippen MR) is 103 cm³/mol. The van der Waals surface area contributed by atoms with Crippen LogP contribution in [0.2, 0.25) is 0 Å². The SMILES string of the molecule is COc1cccc(CCNC(=O)c2cc(N3CCN(C)CC3)ccn2)c1. The van der Waals surface area contributed by atoms with Crippen LogP contribution in [-0.4, -0.2) is 62.7 Å². The van der Waals surface area contributed by atoms with Crippen LogP contribution in [-0.2, 0) is 6.42 Å². The molecule has 1 amide bonds. The zero-order valence-corrected chi connectivity index (χ0v) is 15.4. The first-order valence-electron chi connectivity index (χ1n) is 8.96. The summed E-state index contributed by atoms with van der Waals surface area (Å²) in [5, 5.41) is 2.95. The summed E-state index contributed by atoms with van der Waals surface area (Å²) < 4.78 is 5.22. The van der Waals surface area contributed by atoms with Gasteiger partial charge in [0.2, 0.25) is 0 Å². The van der Waals surface area contributed by atoms with Crippen molar-refractivity contribution in [3.8, 4) is 5.75 Å². The van der Waals surface area contributed by atoms with Crippen molar-refractivity contribution in [2.75, 3.05) is 51.8 Å². The number of pyridine rings is 1. The Morgan fingerprint density at radius 3 is 2.77 bits per heavy atom. The van der Waals surface area contributed by atoms with E-state index < -0.39 is 0 Å². The number of carbonyl (C=O) groups is 1. The molecule has 0 bridgehead atoms. The Labute approximate surface area is 154 Å². The second kappa shape index (κ2) is 8.67. The van der Waals surface area contributed by atoms with Crippen molar-refractivity contribution >= 4 is 11.6 Å². The van der Waals surface area contributed by atoms with Crippen LogP contribution in [0, 0.1) is 0 Å². The maximum absolute atomic E-state index is 12.4. The molecule has 0 aliphatic carbocycles. The van der Waals surface area contributed by atoms with E-state index >= 15 is 0 Å². The Hall–Kier alpha value is -2.60. The second-order valence-corrected chi connectivity index (χ2v) is 6.55. The Bertz CT molecular complexity index is 742. The molecule has 2 heterocycles. The number of rotatable bonds is 6. The molecular weight excluding hydrogens is 328 g/mol. The number of nitrogens with one attached hydrogen (secondary N) is 1. The molecule has 3 rings (SSSR count). The first-order chi connectivity index (χ1) is 12.7. The quantitative estimate of drug-likeness (QED) is 0.857. The van der Waals surface area contributed by atoms with Crippen molar-refractivity contribution in [1.82, 2.24) is 15.2 Å². The lowest BCUT2D eigenvalue weighted by molar-refractivity contribution is 0.0949. The lowest BCUT2D eigenvalue weighted by atomic mass is 10.1. The fourth-order valence-corrected chi connectivity index (χ4v) is 3.04. The fraction of sp³-hybridized carbons (Fsp3) is 0.400. The van der Waals surface area contributed by atoms with Gasteiger partial charge in [-0.25, -0.2) is 0 Å². The minimum atomic E-state index is -0.135. The van der Waals surface area contributed by atoms with Crippen LogP contribution in [0.3, 0.4) is 0 Å². The van der Waals surface area contributed by atoms with Gasteiger partial charge in [0.1, 0.15) is 11.4 Å². The van der Waals surface area contributed by atoms with Crippen molar-refractivity contribution in [3.63, 3.8) is 0 Å². The lowest BCUT2D eigenvalue weighted by Crippen LogP contribution is -2.44. The van der Waals surface area contributed by atoms with E-state index in [1.807, 2.05) is 36.4 Å². The van der Waals surface area contributed by atoms with Crippen LogP contribution < -0.4 is 15.0 Å². The Kier molecular flexibility index (Phi) is 6.07. The number of aromatic nitrogens is 1. The highest BCUT2D eigenvalue weighted by Gasteiger charge is 2.16. The molecule has 0 atom stereocenters. The van der Waals surface area contributed by atoms with Gasteiger partial charge in [0, 0.05) is 44.6 Å². The maximum Gasteiger partial charge on any atom is 0.269 e. The van der Waals surface area contributed by atoms with Crippen LogP contribution in [0.1, 0.15) is 16.1 Å². The number of hydrogen-bond donors (Lipinski definition) is 1. The molecule has 0 spiro atoms. The summed E-state index contributed by atoms with van der Waals surface area (Å²) in [6, 6.07) is 11.7. The number of piperazine rings is 1. The Morgan fingerprint density at radius 2 is 2.00 bits per heavy atom. The smallest absolute Gasteiger partial charge is 0.269 e. The number of amides is 1. The number of hydrogen-bond acceptors (Lipinski definition) is 5. The molecule has 0 saturated carbocycles. The van der Waals surface area contributed by atoms with Gasteiger partial charge in [-0.2, -0.15) is 0 Å². The first kappa shape index (κ1) is 18.2. The van der Waals surface area contributed by atoms with Crippen molar-refractivity contribution in [2.45, 2.75) is 6.42 Å². The van der Waals surface area contributed by atoms with Crippen LogP contribution in [0.4, 0.5) is 5.69 Å². The van der Waals surface area contributed by atoms with Gasteiger partial charge in [-0.15, -0.1) is 0 Å². The van der Waals surface area contributed by atoms with E-state index in [1.165, 1.54) is 0 Å². The number of likely N-dealkylation sites (N-methyl/N-ethyl adjacent to an activating group) is 1. The highest BCUT2D eigenvalue weighted by atomic mass is 16.5. The summed E-state index contributed by atoms with van der Waals surface area (Å²) in [5.74, 6) is 0.694. The summed E-state index contributed by atoms with van der Waals surface area (Å²) in [6.45, 7) is 4.57. The van der Waals surface area contributed by atoms with Crippen molar-refractivity contribution in [3.05, 3.63) is 53.9 Å². The normalized spacial score (nSPS) is 14.9. The molecule has 1 saturated heterocycles. The zero-order chi connectivity index (χ0) is 18.4. The first-order valence-corrected chi connectivity index (χ1v) is 8.96. The summed E-state index contributed by atoms with van der Waals surface area (Å²) in [7, 11) is 3.78. The number of ether oxygens (including phenoxy) is 1. The van der Waals surface area contributed by atoms with Crippen LogP contribution >= 0.6 is 0 Å². The van der Waals surface area contributed by atoms with E-state index in [9.17, 15) is 4.79 Å². The van der Waals surface area contributed by atoms with E-state index in [1.54, 1.807) is 13.3 Å². The molecule has 1 aromatic carbocycles. The highest BCUT2D eigenvalue weighted by molar-refractivity contribution is 5.93. The predicted octanol–water partition coefficient (Wildman–Crippen LogP) is 1.81. The third-order valence-corrected chi connectivity index (χ3v) is 4.68. The van der Waals surface area contributed by atoms with Gasteiger partial charge in [-0.05, 0) is 43.3 Å². The molecule has 138 valence electrons. The third-order valence-electron chi connectivity index (χ3n) is 4.68. The minimum absolute atomic E-state index is 0.135. The van der Waals surface area contributed by atoms with Crippen LogP contribution in [0.5, 0.6) is 5.75 Å².